The van der Waals surface area contributed by atoms with E-state index in [4.69, 9.17) is 23.8 Å². The van der Waals surface area contributed by atoms with Crippen LogP contribution in [-0.2, 0) is 6.42 Å². The fourth-order valence-corrected chi connectivity index (χ4v) is 3.27. The molecule has 0 amide bonds. The van der Waals surface area contributed by atoms with Crippen LogP contribution in [0.5, 0.6) is 0 Å². The van der Waals surface area contributed by atoms with Crippen LogP contribution >= 0.6 is 35.2 Å². The van der Waals surface area contributed by atoms with E-state index in [-0.39, 0.29) is 0 Å². The van der Waals surface area contributed by atoms with Crippen molar-refractivity contribution in [3.63, 3.8) is 0 Å². The van der Waals surface area contributed by atoms with Crippen LogP contribution in [0.15, 0.2) is 40.8 Å². The predicted molar refractivity (Wildman–Crippen MR) is 103 cm³/mol. The van der Waals surface area contributed by atoms with Gasteiger partial charge in [0.05, 0.1) is 11.2 Å². The van der Waals surface area contributed by atoms with E-state index in [9.17, 15) is 0 Å². The van der Waals surface area contributed by atoms with Gasteiger partial charge in [0.2, 0.25) is 4.77 Å². The minimum Gasteiger partial charge on any atom is -0.378 e. The van der Waals surface area contributed by atoms with E-state index in [1.165, 1.54) is 4.88 Å². The van der Waals surface area contributed by atoms with Gasteiger partial charge in [0.15, 0.2) is 5.82 Å². The molecule has 0 radical (unpaired) electrons. The summed E-state index contributed by atoms with van der Waals surface area (Å²) in [4.78, 5) is 3.20. The van der Waals surface area contributed by atoms with Crippen molar-refractivity contribution in [1.29, 1.82) is 0 Å². The molecule has 124 valence electrons. The maximum Gasteiger partial charge on any atom is 0.216 e. The van der Waals surface area contributed by atoms with E-state index in [2.05, 4.69) is 21.4 Å². The summed E-state index contributed by atoms with van der Waals surface area (Å²) in [5, 5.41) is 14.2. The van der Waals surface area contributed by atoms with Crippen LogP contribution in [0.1, 0.15) is 16.3 Å². The first-order valence-electron chi connectivity index (χ1n) is 7.24. The van der Waals surface area contributed by atoms with Crippen molar-refractivity contribution in [3.05, 3.63) is 61.8 Å². The summed E-state index contributed by atoms with van der Waals surface area (Å²) in [5.41, 5.74) is 1.86. The van der Waals surface area contributed by atoms with Gasteiger partial charge >= 0.3 is 0 Å². The first-order valence-corrected chi connectivity index (χ1v) is 8.91. The third-order valence-electron chi connectivity index (χ3n) is 3.44. The van der Waals surface area contributed by atoms with Gasteiger partial charge in [0.25, 0.3) is 0 Å². The molecule has 0 saturated carbocycles. The van der Waals surface area contributed by atoms with Crippen molar-refractivity contribution in [2.24, 2.45) is 5.10 Å². The Morgan fingerprint density at radius 2 is 2.25 bits per heavy atom. The van der Waals surface area contributed by atoms with Crippen LogP contribution in [0.2, 0.25) is 5.02 Å². The monoisotopic (exact) mass is 377 g/mol. The van der Waals surface area contributed by atoms with Gasteiger partial charge in [-0.3, -0.25) is 5.10 Å². The van der Waals surface area contributed by atoms with Crippen molar-refractivity contribution in [1.82, 2.24) is 14.9 Å². The summed E-state index contributed by atoms with van der Waals surface area (Å²) in [6.45, 7) is 0. The Morgan fingerprint density at radius 1 is 1.42 bits per heavy atom. The summed E-state index contributed by atoms with van der Waals surface area (Å²) in [5.74, 6) is 0.764. The Bertz CT molecular complexity index is 909. The van der Waals surface area contributed by atoms with Crippen LogP contribution < -0.4 is 4.90 Å². The molecular weight excluding hydrogens is 362 g/mol. The lowest BCUT2D eigenvalue weighted by Crippen LogP contribution is -2.08. The number of aromatic nitrogens is 3. The van der Waals surface area contributed by atoms with Gasteiger partial charge in [0.1, 0.15) is 0 Å². The summed E-state index contributed by atoms with van der Waals surface area (Å²) >= 11 is 13.3. The molecular formula is C16H16ClN5S2. The molecule has 0 fully saturated rings. The quantitative estimate of drug-likeness (QED) is 0.535. The third-order valence-corrected chi connectivity index (χ3v) is 4.91. The number of nitrogens with one attached hydrogen (secondary N) is 1. The maximum atomic E-state index is 6.33. The van der Waals surface area contributed by atoms with Crippen molar-refractivity contribution < 1.29 is 0 Å². The van der Waals surface area contributed by atoms with E-state index in [1.807, 2.05) is 48.6 Å². The Labute approximate surface area is 154 Å². The zero-order valence-electron chi connectivity index (χ0n) is 13.2. The van der Waals surface area contributed by atoms with Crippen molar-refractivity contribution in [2.75, 3.05) is 19.0 Å². The van der Waals surface area contributed by atoms with Crippen molar-refractivity contribution >= 4 is 47.1 Å². The normalized spacial score (nSPS) is 11.3. The molecule has 3 rings (SSSR count). The zero-order chi connectivity index (χ0) is 17.1. The lowest BCUT2D eigenvalue weighted by molar-refractivity contribution is 0.795. The number of hydrogen-bond donors (Lipinski definition) is 1. The van der Waals surface area contributed by atoms with E-state index in [0.717, 1.165) is 17.1 Å². The second kappa shape index (κ2) is 7.29. The Morgan fingerprint density at radius 3 is 2.92 bits per heavy atom. The molecule has 0 aliphatic rings. The topological polar surface area (TPSA) is 49.2 Å². The van der Waals surface area contributed by atoms with Crippen LogP contribution in [0, 0.1) is 4.77 Å². The summed E-state index contributed by atoms with van der Waals surface area (Å²) in [7, 11) is 3.95. The molecule has 1 N–H and O–H groups in total. The molecule has 0 aliphatic carbocycles. The van der Waals surface area contributed by atoms with Gasteiger partial charge in [-0.15, -0.1) is 11.3 Å². The van der Waals surface area contributed by atoms with Gasteiger partial charge in [0, 0.05) is 36.6 Å². The molecule has 5 nitrogen and oxygen atoms in total. The highest BCUT2D eigenvalue weighted by molar-refractivity contribution is 7.71. The van der Waals surface area contributed by atoms with Crippen LogP contribution in [0.3, 0.4) is 0 Å². The van der Waals surface area contributed by atoms with Crippen LogP contribution in [-0.4, -0.2) is 35.2 Å². The summed E-state index contributed by atoms with van der Waals surface area (Å²) in [6, 6.07) is 9.91. The number of nitrogens with zero attached hydrogens (tertiary/aromatic N) is 4. The maximum absolute atomic E-state index is 6.33. The fraction of sp³-hybridized carbons (Fsp3) is 0.188. The number of hydrogen-bond acceptors (Lipinski definition) is 5. The average Bonchev–Trinajstić information content (AvgIpc) is 3.17. The fourth-order valence-electron chi connectivity index (χ4n) is 2.15. The van der Waals surface area contributed by atoms with Gasteiger partial charge in [-0.2, -0.15) is 14.9 Å². The molecule has 8 heteroatoms. The first-order chi connectivity index (χ1) is 11.5. The largest absolute Gasteiger partial charge is 0.378 e. The van der Waals surface area contributed by atoms with Gasteiger partial charge in [-0.05, 0) is 41.9 Å². The minimum absolute atomic E-state index is 0.457. The molecule has 0 saturated heterocycles. The zero-order valence-corrected chi connectivity index (χ0v) is 15.6. The van der Waals surface area contributed by atoms with Gasteiger partial charge in [-0.25, -0.2) is 0 Å². The number of rotatable bonds is 5. The Balaban J connectivity index is 1.87. The molecule has 2 heterocycles. The Kier molecular flexibility index (Phi) is 5.13. The lowest BCUT2D eigenvalue weighted by Gasteiger charge is -2.13. The molecule has 3 aromatic rings. The molecule has 0 atom stereocenters. The van der Waals surface area contributed by atoms with E-state index in [0.29, 0.717) is 16.2 Å². The highest BCUT2D eigenvalue weighted by Crippen LogP contribution is 2.21. The van der Waals surface area contributed by atoms with E-state index in [1.54, 1.807) is 22.2 Å². The molecule has 24 heavy (non-hydrogen) atoms. The number of anilines is 1. The highest BCUT2D eigenvalue weighted by atomic mass is 35.5. The molecule has 0 bridgehead atoms. The van der Waals surface area contributed by atoms with Crippen molar-refractivity contribution in [2.45, 2.75) is 6.42 Å². The summed E-state index contributed by atoms with van der Waals surface area (Å²) in [6.07, 6.45) is 2.38. The molecule has 1 aromatic carbocycles. The number of benzene rings is 1. The van der Waals surface area contributed by atoms with Crippen LogP contribution in [0.4, 0.5) is 5.69 Å². The molecule has 0 spiro atoms. The standard InChI is InChI=1S/C16H16ClN5S2/c1-21(2)12-6-5-11(14(17)8-12)10-18-22-15(19-20-16(22)23)9-13-4-3-7-24-13/h3-8,10H,9H2,1-2H3,(H,20,23)/b18-10-. The SMILES string of the molecule is CN(C)c1ccc(/C=N\n2c(Cc3cccs3)n[nH]c2=S)c(Cl)c1. The van der Waals surface area contributed by atoms with E-state index >= 15 is 0 Å². The predicted octanol–water partition coefficient (Wildman–Crippen LogP) is 4.19. The van der Waals surface area contributed by atoms with E-state index < -0.39 is 0 Å². The van der Waals surface area contributed by atoms with Gasteiger partial charge < -0.3 is 4.90 Å². The summed E-state index contributed by atoms with van der Waals surface area (Å²) < 4.78 is 2.09. The third kappa shape index (κ3) is 3.75. The van der Waals surface area contributed by atoms with Gasteiger partial charge in [-0.1, -0.05) is 17.7 Å². The second-order valence-corrected chi connectivity index (χ2v) is 7.18. The molecule has 0 aliphatic heterocycles. The second-order valence-electron chi connectivity index (χ2n) is 5.36. The molecule has 2 aromatic heterocycles. The number of aromatic amines is 1. The lowest BCUT2D eigenvalue weighted by atomic mass is 10.2. The minimum atomic E-state index is 0.457. The molecule has 0 unspecified atom stereocenters. The first kappa shape index (κ1) is 16.9. The smallest absolute Gasteiger partial charge is 0.216 e. The highest BCUT2D eigenvalue weighted by Gasteiger charge is 2.07. The van der Waals surface area contributed by atoms with Crippen molar-refractivity contribution in [3.8, 4) is 0 Å². The Hall–Kier alpha value is -1.96. The average molecular weight is 378 g/mol. The number of H-pyrrole nitrogens is 1. The van der Waals surface area contributed by atoms with Crippen LogP contribution in [0.25, 0.3) is 0 Å². The number of halogens is 1. The number of thiophene rings is 1.